The average molecular weight is 455 g/mol. The maximum absolute atomic E-state index is 11.1. The van der Waals surface area contributed by atoms with Gasteiger partial charge < -0.3 is 15.5 Å². The molecule has 1 aromatic carbocycles. The zero-order valence-corrected chi connectivity index (χ0v) is 18.5. The third-order valence-corrected chi connectivity index (χ3v) is 5.08. The van der Waals surface area contributed by atoms with E-state index in [0.29, 0.717) is 11.6 Å². The Labute approximate surface area is 184 Å². The lowest BCUT2D eigenvalue weighted by molar-refractivity contribution is -0.192. The second-order valence-corrected chi connectivity index (χ2v) is 8.69. The summed E-state index contributed by atoms with van der Waals surface area (Å²) in [6, 6.07) is 5.81. The summed E-state index contributed by atoms with van der Waals surface area (Å²) in [6.07, 6.45) is -1.12. The van der Waals surface area contributed by atoms with Crippen LogP contribution in [0.2, 0.25) is 0 Å². The number of alkyl halides is 3. The molecule has 0 radical (unpaired) electrons. The van der Waals surface area contributed by atoms with Crippen molar-refractivity contribution in [2.75, 3.05) is 0 Å². The Bertz CT molecular complexity index is 978. The number of carbonyl (C=O) groups is 2. The molecule has 1 aromatic heterocycles. The number of nitrogens with zero attached hydrogens (tertiary/aromatic N) is 2. The van der Waals surface area contributed by atoms with Crippen molar-refractivity contribution in [1.29, 1.82) is 0 Å². The van der Waals surface area contributed by atoms with Crippen molar-refractivity contribution >= 4 is 11.9 Å². The van der Waals surface area contributed by atoms with Gasteiger partial charge in [0.25, 0.3) is 0 Å². The maximum Gasteiger partial charge on any atom is 0.490 e. The van der Waals surface area contributed by atoms with Crippen LogP contribution in [0.3, 0.4) is 0 Å². The summed E-state index contributed by atoms with van der Waals surface area (Å²) in [7, 11) is 0. The summed E-state index contributed by atoms with van der Waals surface area (Å²) in [6.45, 7) is 10.3. The lowest BCUT2D eigenvalue weighted by atomic mass is 9.89. The Hall–Kier alpha value is -2.88. The summed E-state index contributed by atoms with van der Waals surface area (Å²) in [5.41, 5.74) is 5.19. The Kier molecular flexibility index (Phi) is 7.71. The first-order valence-corrected chi connectivity index (χ1v) is 10.2. The molecule has 0 amide bonds. The van der Waals surface area contributed by atoms with Crippen molar-refractivity contribution in [3.63, 3.8) is 0 Å². The molecule has 2 aromatic rings. The lowest BCUT2D eigenvalue weighted by Crippen LogP contribution is -2.30. The molecule has 3 rings (SSSR count). The maximum atomic E-state index is 11.1. The van der Waals surface area contributed by atoms with E-state index >= 15 is 0 Å². The second-order valence-electron chi connectivity index (χ2n) is 8.69. The van der Waals surface area contributed by atoms with Crippen LogP contribution >= 0.6 is 0 Å². The molecule has 0 bridgehead atoms. The number of nitrogens with one attached hydrogen (secondary N) is 1. The number of fused-ring (bicyclic) bond motifs is 1. The minimum absolute atomic E-state index is 0.0203. The normalized spacial score (nSPS) is 15.7. The van der Waals surface area contributed by atoms with Crippen LogP contribution in [-0.4, -0.2) is 44.2 Å². The first-order chi connectivity index (χ1) is 14.7. The largest absolute Gasteiger partial charge is 0.490 e. The Balaban J connectivity index is 0.000000451. The summed E-state index contributed by atoms with van der Waals surface area (Å²) in [5.74, 6) is -3.62. The van der Waals surface area contributed by atoms with Crippen molar-refractivity contribution in [2.45, 2.75) is 71.3 Å². The Morgan fingerprint density at radius 1 is 1.16 bits per heavy atom. The molecule has 10 heteroatoms. The molecule has 1 aliphatic carbocycles. The van der Waals surface area contributed by atoms with Gasteiger partial charge in [0.05, 0.1) is 11.3 Å². The fraction of sp³-hybridized carbons (Fsp3) is 0.500. The van der Waals surface area contributed by atoms with Crippen molar-refractivity contribution in [2.24, 2.45) is 0 Å². The van der Waals surface area contributed by atoms with Gasteiger partial charge in [-0.25, -0.2) is 9.59 Å². The van der Waals surface area contributed by atoms with Gasteiger partial charge in [0.2, 0.25) is 0 Å². The first-order valence-electron chi connectivity index (χ1n) is 10.2. The van der Waals surface area contributed by atoms with E-state index in [0.717, 1.165) is 37.2 Å². The molecule has 0 aliphatic heterocycles. The van der Waals surface area contributed by atoms with Crippen LogP contribution in [0.4, 0.5) is 13.2 Å². The molecule has 7 nitrogen and oxygen atoms in total. The number of aryl methyl sites for hydroxylation is 1. The number of aromatic nitrogens is 2. The summed E-state index contributed by atoms with van der Waals surface area (Å²) in [4.78, 5) is 20.0. The van der Waals surface area contributed by atoms with E-state index < -0.39 is 18.1 Å². The number of benzene rings is 1. The van der Waals surface area contributed by atoms with E-state index in [1.54, 1.807) is 6.07 Å². The van der Waals surface area contributed by atoms with E-state index in [9.17, 15) is 18.0 Å². The van der Waals surface area contributed by atoms with Gasteiger partial charge in [-0.1, -0.05) is 26.8 Å². The second kappa shape index (κ2) is 9.72. The molecule has 0 saturated carbocycles. The average Bonchev–Trinajstić information content (AvgIpc) is 3.28. The number of hydrogen-bond donors (Lipinski definition) is 3. The van der Waals surface area contributed by atoms with E-state index in [-0.39, 0.29) is 5.41 Å². The molecular weight excluding hydrogens is 427 g/mol. The first kappa shape index (κ1) is 25.4. The van der Waals surface area contributed by atoms with E-state index in [4.69, 9.17) is 20.1 Å². The SMILES string of the molecule is CCn1cc(CNC2Cc3ccc(C(=O)O)cc3C2)c(C(C)(C)C)n1.O=C(O)C(F)(F)F. The minimum Gasteiger partial charge on any atom is -0.478 e. The standard InChI is InChI=1S/C20H27N3O2.C2HF3O2/c1-5-23-12-16(18(22-23)20(2,3)4)11-21-17-9-13-6-7-14(19(24)25)8-15(13)10-17;3-2(4,5)1(6)7/h6-8,12,17,21H,5,9-11H2,1-4H3,(H,24,25);(H,6,7). The summed E-state index contributed by atoms with van der Waals surface area (Å²) >= 11 is 0. The molecular formula is C22H28F3N3O4. The van der Waals surface area contributed by atoms with Crippen LogP contribution in [-0.2, 0) is 36.1 Å². The van der Waals surface area contributed by atoms with Gasteiger partial charge in [0, 0.05) is 36.3 Å². The van der Waals surface area contributed by atoms with E-state index in [1.165, 1.54) is 11.1 Å². The molecule has 3 N–H and O–H groups in total. The molecule has 1 atom stereocenters. The molecule has 0 saturated heterocycles. The Morgan fingerprint density at radius 2 is 1.75 bits per heavy atom. The summed E-state index contributed by atoms with van der Waals surface area (Å²) in [5, 5.41) is 24.6. The van der Waals surface area contributed by atoms with Crippen molar-refractivity contribution in [1.82, 2.24) is 15.1 Å². The van der Waals surface area contributed by atoms with Gasteiger partial charge in [0.15, 0.2) is 0 Å². The van der Waals surface area contributed by atoms with E-state index in [1.807, 2.05) is 16.8 Å². The molecule has 0 spiro atoms. The number of aromatic carboxylic acids is 1. The van der Waals surface area contributed by atoms with Gasteiger partial charge in [-0.15, -0.1) is 0 Å². The smallest absolute Gasteiger partial charge is 0.478 e. The van der Waals surface area contributed by atoms with Gasteiger partial charge >= 0.3 is 18.1 Å². The van der Waals surface area contributed by atoms with Gasteiger partial charge in [-0.3, -0.25) is 4.68 Å². The molecule has 32 heavy (non-hydrogen) atoms. The predicted octanol–water partition coefficient (Wildman–Crippen LogP) is 3.79. The monoisotopic (exact) mass is 455 g/mol. The van der Waals surface area contributed by atoms with Gasteiger partial charge in [-0.05, 0) is 43.0 Å². The zero-order valence-electron chi connectivity index (χ0n) is 18.5. The van der Waals surface area contributed by atoms with Crippen LogP contribution < -0.4 is 5.32 Å². The quantitative estimate of drug-likeness (QED) is 0.634. The minimum atomic E-state index is -5.08. The number of aliphatic carboxylic acids is 1. The highest BCUT2D eigenvalue weighted by molar-refractivity contribution is 5.88. The highest BCUT2D eigenvalue weighted by Gasteiger charge is 2.38. The van der Waals surface area contributed by atoms with Crippen LogP contribution in [0.25, 0.3) is 0 Å². The third-order valence-electron chi connectivity index (χ3n) is 5.08. The van der Waals surface area contributed by atoms with Crippen LogP contribution in [0.5, 0.6) is 0 Å². The Morgan fingerprint density at radius 3 is 2.25 bits per heavy atom. The third kappa shape index (κ3) is 6.56. The number of carboxylic acid groups (broad SMARTS) is 2. The number of halogens is 3. The number of carboxylic acids is 2. The van der Waals surface area contributed by atoms with Crippen LogP contribution in [0, 0.1) is 0 Å². The number of rotatable bonds is 5. The van der Waals surface area contributed by atoms with Crippen molar-refractivity contribution in [3.05, 3.63) is 52.3 Å². The molecule has 0 fully saturated rings. The topological polar surface area (TPSA) is 104 Å². The fourth-order valence-electron chi connectivity index (χ4n) is 3.54. The molecule has 1 unspecified atom stereocenters. The highest BCUT2D eigenvalue weighted by Crippen LogP contribution is 2.26. The van der Waals surface area contributed by atoms with Crippen LogP contribution in [0.15, 0.2) is 24.4 Å². The lowest BCUT2D eigenvalue weighted by Gasteiger charge is -2.19. The van der Waals surface area contributed by atoms with Crippen molar-refractivity contribution < 1.29 is 33.0 Å². The molecule has 1 aliphatic rings. The van der Waals surface area contributed by atoms with Gasteiger partial charge in [-0.2, -0.15) is 18.3 Å². The van der Waals surface area contributed by atoms with Crippen LogP contribution in [0.1, 0.15) is 60.4 Å². The predicted molar refractivity (Wildman–Crippen MR) is 112 cm³/mol. The van der Waals surface area contributed by atoms with Gasteiger partial charge in [0.1, 0.15) is 0 Å². The molecule has 176 valence electrons. The zero-order chi connectivity index (χ0) is 24.3. The fourth-order valence-corrected chi connectivity index (χ4v) is 3.54. The number of hydrogen-bond acceptors (Lipinski definition) is 4. The van der Waals surface area contributed by atoms with Crippen molar-refractivity contribution in [3.8, 4) is 0 Å². The summed E-state index contributed by atoms with van der Waals surface area (Å²) < 4.78 is 33.7. The highest BCUT2D eigenvalue weighted by atomic mass is 19.4. The molecule has 1 heterocycles. The van der Waals surface area contributed by atoms with E-state index in [2.05, 4.69) is 39.2 Å².